The highest BCUT2D eigenvalue weighted by Crippen LogP contribution is 2.25. The Hall–Kier alpha value is -1.94. The van der Waals surface area contributed by atoms with Crippen LogP contribution in [0.1, 0.15) is 5.69 Å². The van der Waals surface area contributed by atoms with E-state index in [1.807, 2.05) is 24.3 Å². The zero-order valence-electron chi connectivity index (χ0n) is 10.1. The molecule has 1 aromatic heterocycles. The van der Waals surface area contributed by atoms with Crippen molar-refractivity contribution in [2.75, 3.05) is 0 Å². The van der Waals surface area contributed by atoms with Crippen LogP contribution in [0.4, 0.5) is 0 Å². The molecule has 1 heterocycles. The van der Waals surface area contributed by atoms with Crippen LogP contribution in [0.25, 0.3) is 10.9 Å². The van der Waals surface area contributed by atoms with Crippen molar-refractivity contribution in [2.24, 2.45) is 0 Å². The van der Waals surface area contributed by atoms with Gasteiger partial charge in [-0.05, 0) is 30.3 Å². The van der Waals surface area contributed by atoms with Gasteiger partial charge in [0.1, 0.15) is 18.1 Å². The molecule has 0 saturated heterocycles. The lowest BCUT2D eigenvalue weighted by Gasteiger charge is -2.04. The van der Waals surface area contributed by atoms with Gasteiger partial charge in [-0.15, -0.1) is 0 Å². The van der Waals surface area contributed by atoms with Gasteiger partial charge in [-0.25, -0.2) is 0 Å². The molecule has 0 atom stereocenters. The minimum absolute atomic E-state index is 0.205. The van der Waals surface area contributed by atoms with E-state index >= 15 is 0 Å². The zero-order chi connectivity index (χ0) is 13.2. The normalized spacial score (nSPS) is 10.8. The molecule has 4 heteroatoms. The molecule has 2 aromatic carbocycles. The number of phenols is 1. The maximum absolute atomic E-state index is 9.37. The summed E-state index contributed by atoms with van der Waals surface area (Å²) in [5, 5.41) is 10.5. The lowest BCUT2D eigenvalue weighted by atomic mass is 10.2. The number of fused-ring (bicyclic) bond motifs is 1. The number of phenolic OH excluding ortho intramolecular Hbond substituents is 1. The predicted molar refractivity (Wildman–Crippen MR) is 78.4 cm³/mol. The molecule has 0 amide bonds. The van der Waals surface area contributed by atoms with E-state index in [-0.39, 0.29) is 5.75 Å². The smallest absolute Gasteiger partial charge is 0.128 e. The lowest BCUT2D eigenvalue weighted by molar-refractivity contribution is 0.300. The first-order valence-electron chi connectivity index (χ1n) is 5.90. The van der Waals surface area contributed by atoms with E-state index in [0.717, 1.165) is 21.1 Å². The van der Waals surface area contributed by atoms with Gasteiger partial charge in [-0.3, -0.25) is 0 Å². The topological polar surface area (TPSA) is 45.2 Å². The molecule has 19 heavy (non-hydrogen) atoms. The van der Waals surface area contributed by atoms with Crippen LogP contribution in [0.2, 0.25) is 0 Å². The Morgan fingerprint density at radius 2 is 1.95 bits per heavy atom. The molecule has 0 bridgehead atoms. The number of ether oxygens (including phenoxy) is 1. The van der Waals surface area contributed by atoms with Crippen molar-refractivity contribution in [3.05, 3.63) is 58.7 Å². The fraction of sp³-hybridized carbons (Fsp3) is 0.0667. The fourth-order valence-corrected chi connectivity index (χ4v) is 2.47. The zero-order valence-corrected chi connectivity index (χ0v) is 11.6. The average molecular weight is 318 g/mol. The molecular weight excluding hydrogens is 306 g/mol. The van der Waals surface area contributed by atoms with Crippen molar-refractivity contribution in [3.63, 3.8) is 0 Å². The van der Waals surface area contributed by atoms with Crippen LogP contribution in [-0.4, -0.2) is 10.1 Å². The Bertz CT molecular complexity index is 721. The molecular formula is C15H12BrNO2. The summed E-state index contributed by atoms with van der Waals surface area (Å²) < 4.78 is 6.70. The van der Waals surface area contributed by atoms with Gasteiger partial charge in [0.25, 0.3) is 0 Å². The van der Waals surface area contributed by atoms with E-state index in [1.165, 1.54) is 0 Å². The second kappa shape index (κ2) is 4.97. The quantitative estimate of drug-likeness (QED) is 0.759. The van der Waals surface area contributed by atoms with Gasteiger partial charge < -0.3 is 14.8 Å². The van der Waals surface area contributed by atoms with Crippen LogP contribution in [0.5, 0.6) is 11.5 Å². The maximum Gasteiger partial charge on any atom is 0.128 e. The number of nitrogens with one attached hydrogen (secondary N) is 1. The Morgan fingerprint density at radius 1 is 1.11 bits per heavy atom. The average Bonchev–Trinajstić information content (AvgIpc) is 2.81. The van der Waals surface area contributed by atoms with E-state index in [4.69, 9.17) is 4.74 Å². The second-order valence-corrected chi connectivity index (χ2v) is 5.14. The molecule has 3 nitrogen and oxygen atoms in total. The van der Waals surface area contributed by atoms with Crippen LogP contribution >= 0.6 is 15.9 Å². The summed E-state index contributed by atoms with van der Waals surface area (Å²) in [5.41, 5.74) is 2.06. The minimum atomic E-state index is 0.205. The third kappa shape index (κ3) is 2.58. The summed E-state index contributed by atoms with van der Waals surface area (Å²) in [5.74, 6) is 0.856. The van der Waals surface area contributed by atoms with Gasteiger partial charge in [-0.1, -0.05) is 28.1 Å². The van der Waals surface area contributed by atoms with Gasteiger partial charge in [0, 0.05) is 21.4 Å². The van der Waals surface area contributed by atoms with Crippen molar-refractivity contribution in [1.29, 1.82) is 0 Å². The molecule has 0 aliphatic heterocycles. The molecule has 0 radical (unpaired) electrons. The van der Waals surface area contributed by atoms with Crippen LogP contribution in [0.3, 0.4) is 0 Å². The number of benzene rings is 2. The number of rotatable bonds is 3. The van der Waals surface area contributed by atoms with Crippen molar-refractivity contribution in [1.82, 2.24) is 4.98 Å². The van der Waals surface area contributed by atoms with Gasteiger partial charge in [0.05, 0.1) is 5.69 Å². The summed E-state index contributed by atoms with van der Waals surface area (Å²) in [6.45, 7) is 0.435. The van der Waals surface area contributed by atoms with Crippen molar-refractivity contribution < 1.29 is 9.84 Å². The number of H-pyrrole nitrogens is 1. The largest absolute Gasteiger partial charge is 0.508 e. The number of hydrogen-bond acceptors (Lipinski definition) is 2. The predicted octanol–water partition coefficient (Wildman–Crippen LogP) is 4.22. The molecule has 0 aliphatic rings. The Morgan fingerprint density at radius 3 is 2.74 bits per heavy atom. The highest BCUT2D eigenvalue weighted by molar-refractivity contribution is 9.10. The third-order valence-electron chi connectivity index (χ3n) is 2.88. The first-order valence-corrected chi connectivity index (χ1v) is 6.69. The van der Waals surface area contributed by atoms with E-state index < -0.39 is 0 Å². The summed E-state index contributed by atoms with van der Waals surface area (Å²) in [6.07, 6.45) is 0. The summed E-state index contributed by atoms with van der Waals surface area (Å²) >= 11 is 3.52. The maximum atomic E-state index is 9.37. The summed E-state index contributed by atoms with van der Waals surface area (Å²) in [7, 11) is 0. The molecule has 0 unspecified atom stereocenters. The number of halogens is 1. The summed E-state index contributed by atoms with van der Waals surface area (Å²) in [4.78, 5) is 3.30. The standard InChI is InChI=1S/C15H12BrNO2/c16-14-5-2-6-15-13(14)7-10(17-15)9-19-12-4-1-3-11(18)8-12/h1-8,17-18H,9H2. The van der Waals surface area contributed by atoms with Crippen LogP contribution in [0.15, 0.2) is 53.0 Å². The van der Waals surface area contributed by atoms with E-state index in [9.17, 15) is 5.11 Å². The monoisotopic (exact) mass is 317 g/mol. The van der Waals surface area contributed by atoms with E-state index in [1.54, 1.807) is 18.2 Å². The number of aromatic nitrogens is 1. The van der Waals surface area contributed by atoms with E-state index in [2.05, 4.69) is 27.0 Å². The Kier molecular flexibility index (Phi) is 3.17. The lowest BCUT2D eigenvalue weighted by Crippen LogP contribution is -1.94. The van der Waals surface area contributed by atoms with Crippen LogP contribution < -0.4 is 4.74 Å². The van der Waals surface area contributed by atoms with Gasteiger partial charge in [0.2, 0.25) is 0 Å². The molecule has 3 rings (SSSR count). The molecule has 3 aromatic rings. The molecule has 0 spiro atoms. The molecule has 0 saturated carbocycles. The van der Waals surface area contributed by atoms with Crippen molar-refractivity contribution in [2.45, 2.75) is 6.61 Å². The van der Waals surface area contributed by atoms with Crippen LogP contribution in [0, 0.1) is 0 Å². The van der Waals surface area contributed by atoms with Crippen molar-refractivity contribution in [3.8, 4) is 11.5 Å². The molecule has 96 valence electrons. The molecule has 0 fully saturated rings. The Labute approximate surface area is 119 Å². The molecule has 2 N–H and O–H groups in total. The highest BCUT2D eigenvalue weighted by Gasteiger charge is 2.04. The first-order chi connectivity index (χ1) is 9.22. The van der Waals surface area contributed by atoms with Gasteiger partial charge in [0.15, 0.2) is 0 Å². The van der Waals surface area contributed by atoms with Crippen LogP contribution in [-0.2, 0) is 6.61 Å². The fourth-order valence-electron chi connectivity index (χ4n) is 1.99. The van der Waals surface area contributed by atoms with E-state index in [0.29, 0.717) is 12.4 Å². The number of aromatic hydroxyl groups is 1. The van der Waals surface area contributed by atoms with Crippen molar-refractivity contribution >= 4 is 26.8 Å². The number of aromatic amines is 1. The van der Waals surface area contributed by atoms with Gasteiger partial charge >= 0.3 is 0 Å². The Balaban J connectivity index is 1.80. The third-order valence-corrected chi connectivity index (χ3v) is 3.57. The first kappa shape index (κ1) is 12.1. The van der Waals surface area contributed by atoms with Gasteiger partial charge in [-0.2, -0.15) is 0 Å². The molecule has 0 aliphatic carbocycles. The highest BCUT2D eigenvalue weighted by atomic mass is 79.9. The number of hydrogen-bond donors (Lipinski definition) is 2. The SMILES string of the molecule is Oc1cccc(OCc2cc3c(Br)cccc3[nH]2)c1. The minimum Gasteiger partial charge on any atom is -0.508 e. The summed E-state index contributed by atoms with van der Waals surface area (Å²) in [6, 6.07) is 14.9. The second-order valence-electron chi connectivity index (χ2n) is 4.28.